The molecule has 0 saturated heterocycles. The highest BCUT2D eigenvalue weighted by Gasteiger charge is 2.18. The molecule has 0 aliphatic carbocycles. The molecule has 0 aromatic carbocycles. The van der Waals surface area contributed by atoms with E-state index in [0.29, 0.717) is 16.9 Å². The summed E-state index contributed by atoms with van der Waals surface area (Å²) in [5, 5.41) is 9.87. The number of hydrogen-bond acceptors (Lipinski definition) is 4. The second kappa shape index (κ2) is 4.14. The molecule has 17 heavy (non-hydrogen) atoms. The zero-order valence-electron chi connectivity index (χ0n) is 9.88. The molecule has 0 spiro atoms. The second-order valence-electron chi connectivity index (χ2n) is 4.46. The normalized spacial score (nSPS) is 11.5. The number of aromatic nitrogens is 2. The first-order chi connectivity index (χ1) is 7.98. The van der Waals surface area contributed by atoms with Gasteiger partial charge in [-0.25, -0.2) is 0 Å². The molecule has 0 bridgehead atoms. The van der Waals surface area contributed by atoms with Gasteiger partial charge in [0.2, 0.25) is 0 Å². The molecule has 3 N–H and O–H groups in total. The van der Waals surface area contributed by atoms with E-state index in [9.17, 15) is 5.11 Å². The minimum absolute atomic E-state index is 0.539. The quantitative estimate of drug-likeness (QED) is 0.825. The summed E-state index contributed by atoms with van der Waals surface area (Å²) in [6.07, 6.45) is 5.05. The molecule has 0 radical (unpaired) electrons. The average Bonchev–Trinajstić information content (AvgIpc) is 2.29. The van der Waals surface area contributed by atoms with Crippen LogP contribution in [0.3, 0.4) is 0 Å². The van der Waals surface area contributed by atoms with Crippen LogP contribution >= 0.6 is 0 Å². The highest BCUT2D eigenvalue weighted by atomic mass is 16.3. The van der Waals surface area contributed by atoms with Gasteiger partial charge in [-0.1, -0.05) is 0 Å². The first kappa shape index (κ1) is 11.5. The number of nitrogens with two attached hydrogens (primary N) is 1. The number of pyridine rings is 2. The Labute approximate surface area is 100 Å². The predicted molar refractivity (Wildman–Crippen MR) is 67.1 cm³/mol. The van der Waals surface area contributed by atoms with Crippen LogP contribution in [0, 0.1) is 0 Å². The van der Waals surface area contributed by atoms with E-state index in [-0.39, 0.29) is 0 Å². The summed E-state index contributed by atoms with van der Waals surface area (Å²) in [5.41, 5.74) is 7.80. The number of nitrogens with zero attached hydrogens (tertiary/aromatic N) is 2. The van der Waals surface area contributed by atoms with Gasteiger partial charge in [0.1, 0.15) is 0 Å². The van der Waals surface area contributed by atoms with Crippen LogP contribution in [-0.4, -0.2) is 15.1 Å². The second-order valence-corrected chi connectivity index (χ2v) is 4.46. The lowest BCUT2D eigenvalue weighted by Crippen LogP contribution is -2.16. The van der Waals surface area contributed by atoms with Crippen LogP contribution in [0.1, 0.15) is 19.4 Å². The van der Waals surface area contributed by atoms with Crippen LogP contribution in [0.4, 0.5) is 5.69 Å². The minimum atomic E-state index is -0.936. The van der Waals surface area contributed by atoms with E-state index in [1.54, 1.807) is 38.5 Å². The molecule has 4 nitrogen and oxygen atoms in total. The first-order valence-corrected chi connectivity index (χ1v) is 5.37. The summed E-state index contributed by atoms with van der Waals surface area (Å²) in [6.45, 7) is 3.40. The average molecular weight is 229 g/mol. The molecule has 2 aromatic heterocycles. The Hall–Kier alpha value is -1.94. The van der Waals surface area contributed by atoms with Gasteiger partial charge < -0.3 is 10.8 Å². The van der Waals surface area contributed by atoms with Crippen LogP contribution in [0.15, 0.2) is 36.8 Å². The van der Waals surface area contributed by atoms with Gasteiger partial charge in [-0.2, -0.15) is 0 Å². The molecule has 88 valence electrons. The van der Waals surface area contributed by atoms with Crippen molar-refractivity contribution >= 4 is 5.69 Å². The molecule has 0 amide bonds. The van der Waals surface area contributed by atoms with Gasteiger partial charge in [0.15, 0.2) is 0 Å². The number of aliphatic hydroxyl groups is 1. The van der Waals surface area contributed by atoms with Crippen LogP contribution in [0.2, 0.25) is 0 Å². The van der Waals surface area contributed by atoms with Crippen molar-refractivity contribution in [3.63, 3.8) is 0 Å². The number of nitrogen functional groups attached to an aromatic ring is 1. The zero-order chi connectivity index (χ0) is 12.5. The molecule has 0 atom stereocenters. The third-order valence-corrected chi connectivity index (χ3v) is 2.56. The van der Waals surface area contributed by atoms with E-state index in [1.165, 1.54) is 0 Å². The van der Waals surface area contributed by atoms with Crippen LogP contribution in [-0.2, 0) is 5.60 Å². The Balaban J connectivity index is 2.46. The minimum Gasteiger partial charge on any atom is -0.397 e. The summed E-state index contributed by atoms with van der Waals surface area (Å²) in [6, 6.07) is 5.48. The van der Waals surface area contributed by atoms with Crippen molar-refractivity contribution < 1.29 is 5.11 Å². The smallest absolute Gasteiger partial charge is 0.0946 e. The van der Waals surface area contributed by atoms with E-state index in [0.717, 1.165) is 5.56 Å². The first-order valence-electron chi connectivity index (χ1n) is 5.37. The Morgan fingerprint density at radius 1 is 1.29 bits per heavy atom. The summed E-state index contributed by atoms with van der Waals surface area (Å²) < 4.78 is 0. The fourth-order valence-electron chi connectivity index (χ4n) is 1.56. The summed E-state index contributed by atoms with van der Waals surface area (Å²) >= 11 is 0. The van der Waals surface area contributed by atoms with E-state index in [1.807, 2.05) is 12.1 Å². The van der Waals surface area contributed by atoms with Crippen LogP contribution in [0.5, 0.6) is 0 Å². The van der Waals surface area contributed by atoms with Gasteiger partial charge in [-0.3, -0.25) is 9.97 Å². The fourth-order valence-corrected chi connectivity index (χ4v) is 1.56. The van der Waals surface area contributed by atoms with Crippen molar-refractivity contribution in [1.29, 1.82) is 0 Å². The zero-order valence-corrected chi connectivity index (χ0v) is 9.88. The molecule has 2 rings (SSSR count). The van der Waals surface area contributed by atoms with E-state index in [2.05, 4.69) is 9.97 Å². The molecule has 0 aliphatic rings. The largest absolute Gasteiger partial charge is 0.397 e. The van der Waals surface area contributed by atoms with Crippen molar-refractivity contribution in [3.8, 4) is 11.3 Å². The fraction of sp³-hybridized carbons (Fsp3) is 0.231. The molecule has 0 aliphatic heterocycles. The van der Waals surface area contributed by atoms with Gasteiger partial charge in [-0.15, -0.1) is 0 Å². The highest BCUT2D eigenvalue weighted by Crippen LogP contribution is 2.27. The molecular formula is C13H15N3O. The molecule has 0 fully saturated rings. The number of anilines is 1. The Morgan fingerprint density at radius 3 is 2.59 bits per heavy atom. The van der Waals surface area contributed by atoms with Gasteiger partial charge >= 0.3 is 0 Å². The lowest BCUT2D eigenvalue weighted by molar-refractivity contribution is 0.0783. The van der Waals surface area contributed by atoms with Crippen molar-refractivity contribution in [2.75, 3.05) is 5.73 Å². The third kappa shape index (κ3) is 2.42. The molecule has 2 heterocycles. The number of rotatable bonds is 2. The molecular weight excluding hydrogens is 214 g/mol. The van der Waals surface area contributed by atoms with Gasteiger partial charge in [0, 0.05) is 29.7 Å². The molecule has 4 heteroatoms. The summed E-state index contributed by atoms with van der Waals surface area (Å²) in [5.74, 6) is 0. The SMILES string of the molecule is CC(C)(O)c1cnc(-c2cccnc2)c(N)c1. The maximum absolute atomic E-state index is 9.87. The van der Waals surface area contributed by atoms with Crippen molar-refractivity contribution in [3.05, 3.63) is 42.4 Å². The molecule has 0 unspecified atom stereocenters. The van der Waals surface area contributed by atoms with Crippen LogP contribution < -0.4 is 5.73 Å². The molecule has 0 saturated carbocycles. The van der Waals surface area contributed by atoms with Gasteiger partial charge in [0.25, 0.3) is 0 Å². The van der Waals surface area contributed by atoms with Crippen molar-refractivity contribution in [2.24, 2.45) is 0 Å². The summed E-state index contributed by atoms with van der Waals surface area (Å²) in [4.78, 5) is 8.32. The highest BCUT2D eigenvalue weighted by molar-refractivity contribution is 5.72. The standard InChI is InChI=1S/C13H15N3O/c1-13(2,17)10-6-11(14)12(16-8-10)9-4-3-5-15-7-9/h3-8,17H,14H2,1-2H3. The van der Waals surface area contributed by atoms with Crippen molar-refractivity contribution in [2.45, 2.75) is 19.4 Å². The predicted octanol–water partition coefficient (Wildman–Crippen LogP) is 1.95. The Morgan fingerprint density at radius 2 is 2.06 bits per heavy atom. The number of hydrogen-bond donors (Lipinski definition) is 2. The lowest BCUT2D eigenvalue weighted by Gasteiger charge is -2.18. The van der Waals surface area contributed by atoms with Crippen LogP contribution in [0.25, 0.3) is 11.3 Å². The van der Waals surface area contributed by atoms with E-state index < -0.39 is 5.60 Å². The van der Waals surface area contributed by atoms with E-state index in [4.69, 9.17) is 5.73 Å². The third-order valence-electron chi connectivity index (χ3n) is 2.56. The topological polar surface area (TPSA) is 72.0 Å². The molecule has 2 aromatic rings. The Bertz CT molecular complexity index is 518. The Kier molecular flexibility index (Phi) is 2.81. The van der Waals surface area contributed by atoms with Crippen molar-refractivity contribution in [1.82, 2.24) is 9.97 Å². The lowest BCUT2D eigenvalue weighted by atomic mass is 9.99. The maximum atomic E-state index is 9.87. The maximum Gasteiger partial charge on any atom is 0.0946 e. The summed E-state index contributed by atoms with van der Waals surface area (Å²) in [7, 11) is 0. The van der Waals surface area contributed by atoms with Gasteiger partial charge in [-0.05, 0) is 32.0 Å². The van der Waals surface area contributed by atoms with E-state index >= 15 is 0 Å². The monoisotopic (exact) mass is 229 g/mol. The van der Waals surface area contributed by atoms with Gasteiger partial charge in [0.05, 0.1) is 17.0 Å².